The maximum Gasteiger partial charge on any atom is 0.240 e. The van der Waals surface area contributed by atoms with Gasteiger partial charge in [-0.3, -0.25) is 0 Å². The maximum atomic E-state index is 12.9. The average Bonchev–Trinajstić information content (AvgIpc) is 2.65. The molecule has 0 spiro atoms. The van der Waals surface area contributed by atoms with Crippen LogP contribution in [0.4, 0.5) is 4.39 Å². The number of rotatable bonds is 7. The first-order chi connectivity index (χ1) is 12.4. The molecule has 0 radical (unpaired) electrons. The molecule has 3 N–H and O–H groups in total. The fourth-order valence-electron chi connectivity index (χ4n) is 2.19. The first-order valence-electron chi connectivity index (χ1n) is 8.23. The van der Waals surface area contributed by atoms with E-state index >= 15 is 0 Å². The van der Waals surface area contributed by atoms with Gasteiger partial charge in [0, 0.05) is 13.1 Å². The van der Waals surface area contributed by atoms with Crippen molar-refractivity contribution in [2.75, 3.05) is 13.6 Å². The second-order valence-corrected chi connectivity index (χ2v) is 7.41. The van der Waals surface area contributed by atoms with Crippen LogP contribution < -0.4 is 15.4 Å². The third-order valence-electron chi connectivity index (χ3n) is 3.64. The molecule has 0 saturated carbocycles. The highest BCUT2D eigenvalue weighted by atomic mass is 32.2. The van der Waals surface area contributed by atoms with Crippen molar-refractivity contribution in [3.8, 4) is 0 Å². The van der Waals surface area contributed by atoms with Gasteiger partial charge >= 0.3 is 0 Å². The second kappa shape index (κ2) is 9.30. The van der Waals surface area contributed by atoms with Crippen molar-refractivity contribution in [1.29, 1.82) is 0 Å². The molecule has 0 aliphatic rings. The fraction of sp³-hybridized carbons (Fsp3) is 0.278. The third kappa shape index (κ3) is 5.82. The van der Waals surface area contributed by atoms with Crippen molar-refractivity contribution in [2.45, 2.75) is 24.9 Å². The average molecular weight is 378 g/mol. The lowest BCUT2D eigenvalue weighted by molar-refractivity contribution is 0.588. The van der Waals surface area contributed by atoms with Crippen LogP contribution in [0.25, 0.3) is 0 Å². The number of nitrogens with one attached hydrogen (secondary N) is 3. The Bertz CT molecular complexity index is 834. The van der Waals surface area contributed by atoms with E-state index in [0.29, 0.717) is 25.6 Å². The number of nitrogens with zero attached hydrogens (tertiary/aromatic N) is 1. The topological polar surface area (TPSA) is 82.6 Å². The molecule has 0 fully saturated rings. The summed E-state index contributed by atoms with van der Waals surface area (Å²) >= 11 is 0. The zero-order valence-electron chi connectivity index (χ0n) is 14.8. The monoisotopic (exact) mass is 378 g/mol. The number of hydrogen-bond donors (Lipinski definition) is 3. The van der Waals surface area contributed by atoms with Gasteiger partial charge in [-0.1, -0.05) is 24.3 Å². The van der Waals surface area contributed by atoms with E-state index in [1.165, 1.54) is 19.2 Å². The van der Waals surface area contributed by atoms with Crippen LogP contribution in [0.15, 0.2) is 58.4 Å². The Morgan fingerprint density at radius 2 is 1.62 bits per heavy atom. The van der Waals surface area contributed by atoms with Gasteiger partial charge < -0.3 is 10.6 Å². The van der Waals surface area contributed by atoms with Crippen molar-refractivity contribution in [1.82, 2.24) is 15.4 Å². The number of hydrogen-bond acceptors (Lipinski definition) is 3. The van der Waals surface area contributed by atoms with E-state index in [1.54, 1.807) is 36.4 Å². The van der Waals surface area contributed by atoms with Gasteiger partial charge in [0.25, 0.3) is 0 Å². The van der Waals surface area contributed by atoms with Gasteiger partial charge in [0.15, 0.2) is 5.96 Å². The van der Waals surface area contributed by atoms with Crippen molar-refractivity contribution in [3.05, 3.63) is 65.5 Å². The highest BCUT2D eigenvalue weighted by Gasteiger charge is 2.10. The smallest absolute Gasteiger partial charge is 0.240 e. The second-order valence-electron chi connectivity index (χ2n) is 5.53. The molecule has 0 heterocycles. The molecule has 0 aromatic heterocycles. The van der Waals surface area contributed by atoms with Crippen molar-refractivity contribution in [3.63, 3.8) is 0 Å². The van der Waals surface area contributed by atoms with Gasteiger partial charge in [-0.05, 0) is 49.4 Å². The molecular weight excluding hydrogens is 355 g/mol. The summed E-state index contributed by atoms with van der Waals surface area (Å²) in [7, 11) is -2.06. The van der Waals surface area contributed by atoms with Crippen LogP contribution in [0.2, 0.25) is 0 Å². The Morgan fingerprint density at radius 3 is 2.19 bits per heavy atom. The summed E-state index contributed by atoms with van der Waals surface area (Å²) in [4.78, 5) is 4.70. The Kier molecular flexibility index (Phi) is 7.11. The van der Waals surface area contributed by atoms with Crippen molar-refractivity contribution >= 4 is 16.0 Å². The minimum Gasteiger partial charge on any atom is -0.357 e. The Balaban J connectivity index is 2.00. The molecule has 2 rings (SSSR count). The molecule has 0 amide bonds. The standard InChI is InChI=1S/C18H23FN4O2S/c1-3-21-18(22-12-14-4-8-16(19)9-5-14)23-13-15-6-10-17(11-7-15)26(24,25)20-2/h4-11,20H,3,12-13H2,1-2H3,(H2,21,22,23). The molecule has 8 heteroatoms. The highest BCUT2D eigenvalue weighted by molar-refractivity contribution is 7.89. The molecule has 6 nitrogen and oxygen atoms in total. The van der Waals surface area contributed by atoms with Gasteiger partial charge in [-0.15, -0.1) is 0 Å². The quantitative estimate of drug-likeness (QED) is 0.508. The summed E-state index contributed by atoms with van der Waals surface area (Å²) in [5, 5.41) is 6.32. The predicted octanol–water partition coefficient (Wildman–Crippen LogP) is 1.99. The van der Waals surface area contributed by atoms with E-state index in [9.17, 15) is 12.8 Å². The number of halogens is 1. The molecular formula is C18H23FN4O2S. The minimum absolute atomic E-state index is 0.217. The van der Waals surface area contributed by atoms with E-state index < -0.39 is 10.0 Å². The Hall–Kier alpha value is -2.45. The molecule has 140 valence electrons. The molecule has 2 aromatic rings. The number of sulfonamides is 1. The number of guanidine groups is 1. The predicted molar refractivity (Wildman–Crippen MR) is 101 cm³/mol. The zero-order valence-corrected chi connectivity index (χ0v) is 15.6. The zero-order chi connectivity index (χ0) is 19.0. The molecule has 0 aliphatic carbocycles. The van der Waals surface area contributed by atoms with Crippen LogP contribution in [0, 0.1) is 5.82 Å². The SMILES string of the molecule is CCNC(=NCc1ccc(S(=O)(=O)NC)cc1)NCc1ccc(F)cc1. The Labute approximate surface area is 153 Å². The lowest BCUT2D eigenvalue weighted by atomic mass is 10.2. The summed E-state index contributed by atoms with van der Waals surface area (Å²) in [6.45, 7) is 3.59. The molecule has 26 heavy (non-hydrogen) atoms. The molecule has 0 aliphatic heterocycles. The first-order valence-corrected chi connectivity index (χ1v) is 9.72. The van der Waals surface area contributed by atoms with Crippen LogP contribution in [-0.2, 0) is 23.1 Å². The number of benzene rings is 2. The first kappa shape index (κ1) is 19.9. The highest BCUT2D eigenvalue weighted by Crippen LogP contribution is 2.11. The summed E-state index contributed by atoms with van der Waals surface area (Å²) in [6, 6.07) is 12.8. The lowest BCUT2D eigenvalue weighted by Crippen LogP contribution is -2.36. The minimum atomic E-state index is -3.43. The summed E-state index contributed by atoms with van der Waals surface area (Å²) in [5.41, 5.74) is 1.83. The summed E-state index contributed by atoms with van der Waals surface area (Å²) < 4.78 is 38.7. The van der Waals surface area contributed by atoms with Crippen LogP contribution in [0.5, 0.6) is 0 Å². The molecule has 0 atom stereocenters. The number of aliphatic imine (C=N–C) groups is 1. The van der Waals surface area contributed by atoms with Gasteiger partial charge in [-0.2, -0.15) is 0 Å². The normalized spacial score (nSPS) is 12.0. The molecule has 0 bridgehead atoms. The summed E-state index contributed by atoms with van der Waals surface area (Å²) in [6.07, 6.45) is 0. The van der Waals surface area contributed by atoms with Crippen LogP contribution in [-0.4, -0.2) is 28.0 Å². The lowest BCUT2D eigenvalue weighted by Gasteiger charge is -2.11. The van der Waals surface area contributed by atoms with Crippen molar-refractivity contribution < 1.29 is 12.8 Å². The van der Waals surface area contributed by atoms with E-state index in [-0.39, 0.29) is 10.7 Å². The largest absolute Gasteiger partial charge is 0.357 e. The van der Waals surface area contributed by atoms with E-state index in [1.807, 2.05) is 6.92 Å². The van der Waals surface area contributed by atoms with Crippen LogP contribution in [0.3, 0.4) is 0 Å². The van der Waals surface area contributed by atoms with E-state index in [4.69, 9.17) is 0 Å². The van der Waals surface area contributed by atoms with Crippen LogP contribution >= 0.6 is 0 Å². The van der Waals surface area contributed by atoms with Gasteiger partial charge in [0.1, 0.15) is 5.82 Å². The van der Waals surface area contributed by atoms with Gasteiger partial charge in [0.05, 0.1) is 11.4 Å². The summed E-state index contributed by atoms with van der Waals surface area (Å²) in [5.74, 6) is 0.363. The van der Waals surface area contributed by atoms with Crippen molar-refractivity contribution in [2.24, 2.45) is 4.99 Å². The molecule has 0 unspecified atom stereocenters. The molecule has 2 aromatic carbocycles. The third-order valence-corrected chi connectivity index (χ3v) is 5.07. The van der Waals surface area contributed by atoms with E-state index in [2.05, 4.69) is 20.3 Å². The van der Waals surface area contributed by atoms with Gasteiger partial charge in [0.2, 0.25) is 10.0 Å². The maximum absolute atomic E-state index is 12.9. The van der Waals surface area contributed by atoms with Gasteiger partial charge in [-0.25, -0.2) is 22.5 Å². The molecule has 0 saturated heterocycles. The fourth-order valence-corrected chi connectivity index (χ4v) is 2.92. The van der Waals surface area contributed by atoms with Crippen LogP contribution in [0.1, 0.15) is 18.1 Å². The van der Waals surface area contributed by atoms with E-state index in [0.717, 1.165) is 11.1 Å². The Morgan fingerprint density at radius 1 is 1.00 bits per heavy atom.